The van der Waals surface area contributed by atoms with E-state index in [1.807, 2.05) is 30.3 Å². The molecule has 0 saturated carbocycles. The van der Waals surface area contributed by atoms with Crippen molar-refractivity contribution in [2.45, 2.75) is 6.42 Å². The minimum atomic E-state index is 0.733. The predicted octanol–water partition coefficient (Wildman–Crippen LogP) is 10.7. The largest absolute Gasteiger partial charge is 0.456 e. The molecule has 0 N–H and O–H groups in total. The third kappa shape index (κ3) is 4.03. The Labute approximate surface area is 233 Å². The van der Waals surface area contributed by atoms with Gasteiger partial charge in [-0.1, -0.05) is 127 Å². The summed E-state index contributed by atoms with van der Waals surface area (Å²) in [6, 6.07) is 40.1. The van der Waals surface area contributed by atoms with E-state index in [2.05, 4.69) is 104 Å². The van der Waals surface area contributed by atoms with Crippen molar-refractivity contribution in [2.75, 3.05) is 0 Å². The Morgan fingerprint density at radius 1 is 0.564 bits per heavy atom. The molecule has 0 amide bonds. The minimum absolute atomic E-state index is 0.733. The van der Waals surface area contributed by atoms with E-state index in [1.54, 1.807) is 0 Å². The van der Waals surface area contributed by atoms with Crippen molar-refractivity contribution in [1.82, 2.24) is 0 Å². The lowest BCUT2D eigenvalue weighted by molar-refractivity contribution is 0.600. The van der Waals surface area contributed by atoms with E-state index in [0.717, 1.165) is 61.6 Å². The summed E-state index contributed by atoms with van der Waals surface area (Å²) in [5.41, 5.74) is 12.1. The van der Waals surface area contributed by atoms with Gasteiger partial charge in [-0.05, 0) is 62.7 Å². The van der Waals surface area contributed by atoms with Gasteiger partial charge in [0.2, 0.25) is 0 Å². The minimum Gasteiger partial charge on any atom is -0.456 e. The lowest BCUT2D eigenvalue weighted by atomic mass is 9.82. The molecule has 6 aromatic rings. The number of furan rings is 1. The van der Waals surface area contributed by atoms with Crippen LogP contribution in [0.4, 0.5) is 0 Å². The molecule has 1 aliphatic rings. The number of hydrogen-bond acceptors (Lipinski definition) is 1. The lowest BCUT2D eigenvalue weighted by Crippen LogP contribution is -1.99. The summed E-state index contributed by atoms with van der Waals surface area (Å²) in [6.45, 7) is 4.47. The van der Waals surface area contributed by atoms with Gasteiger partial charge in [0.1, 0.15) is 11.3 Å². The number of benzene rings is 5. The van der Waals surface area contributed by atoms with Gasteiger partial charge in [-0.15, -0.1) is 0 Å². The highest BCUT2D eigenvalue weighted by Gasteiger charge is 2.22. The quantitative estimate of drug-likeness (QED) is 0.210. The van der Waals surface area contributed by atoms with E-state index >= 15 is 0 Å². The van der Waals surface area contributed by atoms with Gasteiger partial charge in [0.15, 0.2) is 0 Å². The predicted molar refractivity (Wildman–Crippen MR) is 165 cm³/mol. The summed E-state index contributed by atoms with van der Waals surface area (Å²) < 4.78 is 6.38. The SMILES string of the molecule is C=C1/C=C\c2oc3ccccc3c2Cc2ccccc2-c2c(-c3ccccc3Cl)cccc2-c2ccccc21. The Hall–Kier alpha value is -4.59. The molecule has 1 heterocycles. The second-order valence-corrected chi connectivity index (χ2v) is 10.3. The number of hydrogen-bond donors (Lipinski definition) is 0. The maximum atomic E-state index is 6.81. The molecule has 0 radical (unpaired) electrons. The number of allylic oxidation sites excluding steroid dienone is 2. The molecule has 5 aromatic carbocycles. The second-order valence-electron chi connectivity index (χ2n) is 9.89. The monoisotopic (exact) mass is 520 g/mol. The molecule has 0 saturated heterocycles. The molecule has 0 spiro atoms. The molecule has 0 bridgehead atoms. The first-order valence-electron chi connectivity index (χ1n) is 13.1. The first kappa shape index (κ1) is 23.5. The standard InChI is InChI=1S/C37H25ClO/c1-24-21-22-36-33(30-16-7-9-20-35(30)39-36)23-25-11-2-3-13-27(25)37-31(28-14-5-4-12-26(24)28)17-10-18-32(37)29-15-6-8-19-34(29)38/h2-22H,1,23H2/b22-21-. The molecule has 7 rings (SSSR count). The molecule has 1 nitrogen and oxygen atoms in total. The summed E-state index contributed by atoms with van der Waals surface area (Å²) in [5.74, 6) is 0.866. The van der Waals surface area contributed by atoms with Crippen molar-refractivity contribution < 1.29 is 4.42 Å². The summed E-state index contributed by atoms with van der Waals surface area (Å²) in [7, 11) is 0. The highest BCUT2D eigenvalue weighted by atomic mass is 35.5. The second kappa shape index (κ2) is 9.62. The van der Waals surface area contributed by atoms with E-state index in [4.69, 9.17) is 16.0 Å². The summed E-state index contributed by atoms with van der Waals surface area (Å²) in [5, 5.41) is 1.87. The van der Waals surface area contributed by atoms with Gasteiger partial charge in [0.25, 0.3) is 0 Å². The van der Waals surface area contributed by atoms with Crippen molar-refractivity contribution in [3.8, 4) is 33.4 Å². The molecule has 1 aliphatic carbocycles. The normalized spacial score (nSPS) is 13.4. The van der Waals surface area contributed by atoms with Crippen LogP contribution in [0.1, 0.15) is 22.5 Å². The van der Waals surface area contributed by atoms with Crippen LogP contribution in [0.25, 0.3) is 56.0 Å². The zero-order valence-electron chi connectivity index (χ0n) is 21.3. The van der Waals surface area contributed by atoms with Crippen LogP contribution >= 0.6 is 11.6 Å². The van der Waals surface area contributed by atoms with Crippen molar-refractivity contribution in [2.24, 2.45) is 0 Å². The van der Waals surface area contributed by atoms with Gasteiger partial charge in [0.05, 0.1) is 0 Å². The molecule has 1 aromatic heterocycles. The molecule has 0 atom stereocenters. The van der Waals surface area contributed by atoms with Crippen LogP contribution < -0.4 is 0 Å². The van der Waals surface area contributed by atoms with E-state index in [9.17, 15) is 0 Å². The van der Waals surface area contributed by atoms with Crippen LogP contribution in [0.2, 0.25) is 5.02 Å². The first-order valence-corrected chi connectivity index (χ1v) is 13.5. The summed E-state index contributed by atoms with van der Waals surface area (Å²) >= 11 is 6.81. The Bertz CT molecular complexity index is 1920. The van der Waals surface area contributed by atoms with E-state index in [-0.39, 0.29) is 0 Å². The van der Waals surface area contributed by atoms with Crippen LogP contribution in [0.15, 0.2) is 132 Å². The number of para-hydroxylation sites is 1. The fourth-order valence-electron chi connectivity index (χ4n) is 5.78. The average Bonchev–Trinajstić information content (AvgIpc) is 3.33. The Morgan fingerprint density at radius 2 is 1.18 bits per heavy atom. The van der Waals surface area contributed by atoms with Gasteiger partial charge in [-0.25, -0.2) is 0 Å². The lowest BCUT2D eigenvalue weighted by Gasteiger charge is -2.21. The molecule has 0 unspecified atom stereocenters. The van der Waals surface area contributed by atoms with Crippen LogP contribution in [0.5, 0.6) is 0 Å². The van der Waals surface area contributed by atoms with Crippen LogP contribution in [-0.2, 0) is 6.42 Å². The van der Waals surface area contributed by atoms with Crippen molar-refractivity contribution in [3.63, 3.8) is 0 Å². The van der Waals surface area contributed by atoms with Crippen LogP contribution in [0, 0.1) is 0 Å². The molecule has 0 aliphatic heterocycles. The zero-order chi connectivity index (χ0) is 26.3. The summed E-state index contributed by atoms with van der Waals surface area (Å²) in [4.78, 5) is 0. The highest BCUT2D eigenvalue weighted by molar-refractivity contribution is 6.33. The molecular weight excluding hydrogens is 496 g/mol. The maximum absolute atomic E-state index is 6.81. The fourth-order valence-corrected chi connectivity index (χ4v) is 6.02. The molecule has 186 valence electrons. The number of fused-ring (bicyclic) bond motifs is 8. The Balaban J connectivity index is 1.61. The van der Waals surface area contributed by atoms with Gasteiger partial charge < -0.3 is 4.42 Å². The average molecular weight is 521 g/mol. The smallest absolute Gasteiger partial charge is 0.135 e. The first-order chi connectivity index (χ1) is 19.2. The van der Waals surface area contributed by atoms with Crippen molar-refractivity contribution in [1.29, 1.82) is 0 Å². The maximum Gasteiger partial charge on any atom is 0.135 e. The Kier molecular flexibility index (Phi) is 5.80. The van der Waals surface area contributed by atoms with Crippen molar-refractivity contribution >= 4 is 34.2 Å². The van der Waals surface area contributed by atoms with Gasteiger partial charge >= 0.3 is 0 Å². The Morgan fingerprint density at radius 3 is 2.00 bits per heavy atom. The van der Waals surface area contributed by atoms with Crippen LogP contribution in [0.3, 0.4) is 0 Å². The topological polar surface area (TPSA) is 13.1 Å². The van der Waals surface area contributed by atoms with E-state index < -0.39 is 0 Å². The number of halogens is 1. The van der Waals surface area contributed by atoms with Gasteiger partial charge in [0, 0.05) is 28.0 Å². The van der Waals surface area contributed by atoms with Gasteiger partial charge in [-0.2, -0.15) is 0 Å². The molecule has 39 heavy (non-hydrogen) atoms. The van der Waals surface area contributed by atoms with Gasteiger partial charge in [-0.3, -0.25) is 0 Å². The third-order valence-electron chi connectivity index (χ3n) is 7.61. The summed E-state index contributed by atoms with van der Waals surface area (Å²) in [6.07, 6.45) is 4.88. The molecule has 2 heteroatoms. The van der Waals surface area contributed by atoms with E-state index in [0.29, 0.717) is 0 Å². The van der Waals surface area contributed by atoms with E-state index in [1.165, 1.54) is 22.3 Å². The molecular formula is C37H25ClO. The third-order valence-corrected chi connectivity index (χ3v) is 7.94. The van der Waals surface area contributed by atoms with Crippen LogP contribution in [-0.4, -0.2) is 0 Å². The zero-order valence-corrected chi connectivity index (χ0v) is 22.1. The molecule has 0 fully saturated rings. The highest BCUT2D eigenvalue weighted by Crippen LogP contribution is 2.46. The van der Waals surface area contributed by atoms with Crippen molar-refractivity contribution in [3.05, 3.63) is 155 Å². The number of rotatable bonds is 1. The fraction of sp³-hybridized carbons (Fsp3) is 0.0270.